The van der Waals surface area contributed by atoms with E-state index >= 15 is 0 Å². The van der Waals surface area contributed by atoms with Crippen molar-refractivity contribution in [2.24, 2.45) is 16.6 Å². The standard InChI is InChI=1S/C17H29N5.HI/c1-4-21(5-2)16-7-6-15(12-19-16)13-20-17(18)22-10-8-14(3)9-11-22;/h6-7,12,14H,4-5,8-11,13H2,1-3H3,(H2,18,20);1H. The van der Waals surface area contributed by atoms with E-state index in [0.717, 1.165) is 43.5 Å². The number of aromatic nitrogens is 1. The van der Waals surface area contributed by atoms with E-state index in [4.69, 9.17) is 5.73 Å². The lowest BCUT2D eigenvalue weighted by molar-refractivity contribution is 0.277. The average Bonchev–Trinajstić information content (AvgIpc) is 2.55. The van der Waals surface area contributed by atoms with Gasteiger partial charge >= 0.3 is 0 Å². The van der Waals surface area contributed by atoms with Crippen LogP contribution in [0.3, 0.4) is 0 Å². The molecule has 130 valence electrons. The normalized spacial score (nSPS) is 16.1. The summed E-state index contributed by atoms with van der Waals surface area (Å²) in [6.07, 6.45) is 4.31. The van der Waals surface area contributed by atoms with Crippen LogP contribution in [0.2, 0.25) is 0 Å². The van der Waals surface area contributed by atoms with E-state index in [2.05, 4.69) is 52.7 Å². The summed E-state index contributed by atoms with van der Waals surface area (Å²) in [6, 6.07) is 4.16. The molecule has 1 aliphatic heterocycles. The molecule has 2 rings (SSSR count). The maximum atomic E-state index is 6.11. The van der Waals surface area contributed by atoms with Crippen molar-refractivity contribution in [3.05, 3.63) is 23.9 Å². The summed E-state index contributed by atoms with van der Waals surface area (Å²) in [7, 11) is 0. The van der Waals surface area contributed by atoms with Crippen LogP contribution in [0.5, 0.6) is 0 Å². The number of aliphatic imine (C=N–C) groups is 1. The Bertz CT molecular complexity index is 476. The molecule has 0 atom stereocenters. The molecule has 1 aromatic heterocycles. The molecule has 0 saturated carbocycles. The molecule has 23 heavy (non-hydrogen) atoms. The monoisotopic (exact) mass is 431 g/mol. The first-order valence-corrected chi connectivity index (χ1v) is 8.38. The highest BCUT2D eigenvalue weighted by atomic mass is 127. The second kappa shape index (κ2) is 9.95. The summed E-state index contributed by atoms with van der Waals surface area (Å²) in [5, 5.41) is 0. The molecule has 0 spiro atoms. The number of halogens is 1. The van der Waals surface area contributed by atoms with Gasteiger partial charge in [-0.1, -0.05) is 13.0 Å². The van der Waals surface area contributed by atoms with Gasteiger partial charge in [-0.25, -0.2) is 9.98 Å². The number of rotatable bonds is 5. The molecule has 0 amide bonds. The number of nitrogens with zero attached hydrogens (tertiary/aromatic N) is 4. The van der Waals surface area contributed by atoms with Gasteiger partial charge in [-0.05, 0) is 44.2 Å². The van der Waals surface area contributed by atoms with Crippen molar-refractivity contribution in [2.45, 2.75) is 40.2 Å². The maximum absolute atomic E-state index is 6.11. The fourth-order valence-electron chi connectivity index (χ4n) is 2.75. The number of hydrogen-bond acceptors (Lipinski definition) is 3. The van der Waals surface area contributed by atoms with E-state index < -0.39 is 0 Å². The van der Waals surface area contributed by atoms with Crippen molar-refractivity contribution in [3.63, 3.8) is 0 Å². The fraction of sp³-hybridized carbons (Fsp3) is 0.647. The molecule has 1 aromatic rings. The second-order valence-electron chi connectivity index (χ2n) is 6.04. The first-order valence-electron chi connectivity index (χ1n) is 8.38. The lowest BCUT2D eigenvalue weighted by atomic mass is 10.00. The van der Waals surface area contributed by atoms with Gasteiger partial charge in [0.15, 0.2) is 5.96 Å². The van der Waals surface area contributed by atoms with Gasteiger partial charge in [0.05, 0.1) is 6.54 Å². The Morgan fingerprint density at radius 2 is 1.96 bits per heavy atom. The highest BCUT2D eigenvalue weighted by Crippen LogP contribution is 2.16. The summed E-state index contributed by atoms with van der Waals surface area (Å²) in [6.45, 7) is 11.2. The Labute approximate surface area is 157 Å². The lowest BCUT2D eigenvalue weighted by Crippen LogP contribution is -2.42. The van der Waals surface area contributed by atoms with Crippen LogP contribution in [0.15, 0.2) is 23.3 Å². The zero-order valence-corrected chi connectivity index (χ0v) is 16.9. The second-order valence-corrected chi connectivity index (χ2v) is 6.04. The van der Waals surface area contributed by atoms with E-state index in [9.17, 15) is 0 Å². The predicted molar refractivity (Wildman–Crippen MR) is 109 cm³/mol. The van der Waals surface area contributed by atoms with E-state index in [1.165, 1.54) is 12.8 Å². The fourth-order valence-corrected chi connectivity index (χ4v) is 2.75. The smallest absolute Gasteiger partial charge is 0.191 e. The maximum Gasteiger partial charge on any atom is 0.191 e. The molecule has 0 radical (unpaired) electrons. The van der Waals surface area contributed by atoms with E-state index in [0.29, 0.717) is 12.5 Å². The molecule has 1 saturated heterocycles. The zero-order valence-electron chi connectivity index (χ0n) is 14.5. The number of guanidine groups is 1. The molecule has 1 fully saturated rings. The van der Waals surface area contributed by atoms with Gasteiger partial charge < -0.3 is 15.5 Å². The van der Waals surface area contributed by atoms with Gasteiger partial charge in [-0.2, -0.15) is 0 Å². The van der Waals surface area contributed by atoms with Crippen molar-refractivity contribution < 1.29 is 0 Å². The molecular formula is C17H30IN5. The highest BCUT2D eigenvalue weighted by molar-refractivity contribution is 14.0. The first kappa shape index (κ1) is 20.0. The van der Waals surface area contributed by atoms with Crippen LogP contribution < -0.4 is 10.6 Å². The van der Waals surface area contributed by atoms with Crippen LogP contribution in [0, 0.1) is 5.92 Å². The predicted octanol–water partition coefficient (Wildman–Crippen LogP) is 3.09. The van der Waals surface area contributed by atoms with Crippen LogP contribution in [0.25, 0.3) is 0 Å². The first-order chi connectivity index (χ1) is 10.6. The van der Waals surface area contributed by atoms with Crippen LogP contribution >= 0.6 is 24.0 Å². The Kier molecular flexibility index (Phi) is 8.65. The summed E-state index contributed by atoms with van der Waals surface area (Å²) >= 11 is 0. The van der Waals surface area contributed by atoms with Crippen molar-refractivity contribution in [1.29, 1.82) is 0 Å². The van der Waals surface area contributed by atoms with Gasteiger partial charge in [-0.3, -0.25) is 0 Å². The van der Waals surface area contributed by atoms with Crippen molar-refractivity contribution in [1.82, 2.24) is 9.88 Å². The molecule has 0 unspecified atom stereocenters. The number of likely N-dealkylation sites (tertiary alicyclic amines) is 1. The van der Waals surface area contributed by atoms with Gasteiger partial charge in [0, 0.05) is 32.4 Å². The molecule has 0 aromatic carbocycles. The number of pyridine rings is 1. The minimum atomic E-state index is 0. The zero-order chi connectivity index (χ0) is 15.9. The third kappa shape index (κ3) is 5.82. The van der Waals surface area contributed by atoms with E-state index in [-0.39, 0.29) is 24.0 Å². The summed E-state index contributed by atoms with van der Waals surface area (Å²) < 4.78 is 0. The van der Waals surface area contributed by atoms with Gasteiger partial charge in [0.25, 0.3) is 0 Å². The number of anilines is 1. The molecule has 2 N–H and O–H groups in total. The van der Waals surface area contributed by atoms with Gasteiger partial charge in [-0.15, -0.1) is 24.0 Å². The molecule has 0 bridgehead atoms. The van der Waals surface area contributed by atoms with Crippen LogP contribution in [-0.2, 0) is 6.54 Å². The van der Waals surface area contributed by atoms with Crippen molar-refractivity contribution in [2.75, 3.05) is 31.1 Å². The minimum Gasteiger partial charge on any atom is -0.370 e. The Morgan fingerprint density at radius 3 is 2.48 bits per heavy atom. The molecule has 1 aliphatic rings. The largest absolute Gasteiger partial charge is 0.370 e. The van der Waals surface area contributed by atoms with Gasteiger partial charge in [0.1, 0.15) is 5.82 Å². The Hall–Kier alpha value is -1.05. The highest BCUT2D eigenvalue weighted by Gasteiger charge is 2.16. The molecular weight excluding hydrogens is 401 g/mol. The van der Waals surface area contributed by atoms with E-state index in [1.54, 1.807) is 0 Å². The number of nitrogens with two attached hydrogens (primary N) is 1. The topological polar surface area (TPSA) is 57.8 Å². The van der Waals surface area contributed by atoms with E-state index in [1.807, 2.05) is 6.20 Å². The minimum absolute atomic E-state index is 0. The molecule has 5 nitrogen and oxygen atoms in total. The number of piperidine rings is 1. The number of hydrogen-bond donors (Lipinski definition) is 1. The Morgan fingerprint density at radius 1 is 1.30 bits per heavy atom. The van der Waals surface area contributed by atoms with Crippen LogP contribution in [-0.4, -0.2) is 42.0 Å². The third-order valence-corrected chi connectivity index (χ3v) is 4.43. The van der Waals surface area contributed by atoms with Crippen LogP contribution in [0.4, 0.5) is 5.82 Å². The van der Waals surface area contributed by atoms with Crippen LogP contribution in [0.1, 0.15) is 39.2 Å². The molecule has 6 heteroatoms. The third-order valence-electron chi connectivity index (χ3n) is 4.43. The summed E-state index contributed by atoms with van der Waals surface area (Å²) in [5.41, 5.74) is 7.21. The Balaban J connectivity index is 0.00000264. The quantitative estimate of drug-likeness (QED) is 0.442. The summed E-state index contributed by atoms with van der Waals surface area (Å²) in [5.74, 6) is 2.50. The lowest BCUT2D eigenvalue weighted by Gasteiger charge is -2.31. The molecule has 2 heterocycles. The van der Waals surface area contributed by atoms with Gasteiger partial charge in [0.2, 0.25) is 0 Å². The molecule has 0 aliphatic carbocycles. The SMILES string of the molecule is CCN(CC)c1ccc(CN=C(N)N2CCC(C)CC2)cn1.I. The average molecular weight is 431 g/mol. The van der Waals surface area contributed by atoms with Crippen molar-refractivity contribution in [3.8, 4) is 0 Å². The summed E-state index contributed by atoms with van der Waals surface area (Å²) in [4.78, 5) is 13.5. The van der Waals surface area contributed by atoms with Crippen molar-refractivity contribution >= 4 is 35.8 Å².